The van der Waals surface area contributed by atoms with Crippen LogP contribution in [0.4, 0.5) is 0 Å². The zero-order chi connectivity index (χ0) is 11.3. The van der Waals surface area contributed by atoms with Crippen molar-refractivity contribution < 1.29 is 8.42 Å². The van der Waals surface area contributed by atoms with Crippen LogP contribution in [0.3, 0.4) is 0 Å². The first-order valence-electron chi connectivity index (χ1n) is 5.69. The minimum absolute atomic E-state index is 0.0871. The number of alkyl halides is 1. The molecule has 1 aliphatic rings. The Morgan fingerprint density at radius 2 is 1.93 bits per heavy atom. The van der Waals surface area contributed by atoms with Gasteiger partial charge in [0.1, 0.15) is 0 Å². The van der Waals surface area contributed by atoms with Crippen molar-refractivity contribution in [3.05, 3.63) is 0 Å². The molecule has 0 aliphatic heterocycles. The van der Waals surface area contributed by atoms with Crippen molar-refractivity contribution in [1.82, 2.24) is 4.72 Å². The quantitative estimate of drug-likeness (QED) is 0.640. The highest BCUT2D eigenvalue weighted by molar-refractivity contribution is 9.09. The van der Waals surface area contributed by atoms with Gasteiger partial charge in [0.2, 0.25) is 10.0 Å². The van der Waals surface area contributed by atoms with Crippen LogP contribution in [0.15, 0.2) is 0 Å². The third-order valence-corrected chi connectivity index (χ3v) is 5.44. The minimum atomic E-state index is -3.06. The molecule has 1 N–H and O–H groups in total. The van der Waals surface area contributed by atoms with Crippen molar-refractivity contribution in [2.24, 2.45) is 0 Å². The Balaban J connectivity index is 2.54. The van der Waals surface area contributed by atoms with Crippen LogP contribution < -0.4 is 4.72 Å². The third-order valence-electron chi connectivity index (χ3n) is 2.74. The van der Waals surface area contributed by atoms with Gasteiger partial charge in [-0.05, 0) is 19.3 Å². The number of hydrogen-bond acceptors (Lipinski definition) is 2. The molecule has 0 aromatic heterocycles. The molecule has 15 heavy (non-hydrogen) atoms. The van der Waals surface area contributed by atoms with Crippen LogP contribution in [0.25, 0.3) is 0 Å². The molecule has 90 valence electrons. The summed E-state index contributed by atoms with van der Waals surface area (Å²) in [6.07, 6.45) is 6.24. The van der Waals surface area contributed by atoms with E-state index in [1.165, 1.54) is 12.8 Å². The van der Waals surface area contributed by atoms with Crippen LogP contribution in [0.5, 0.6) is 0 Å². The summed E-state index contributed by atoms with van der Waals surface area (Å²) in [5.41, 5.74) is 0. The lowest BCUT2D eigenvalue weighted by atomic mass is 10.1. The van der Waals surface area contributed by atoms with Crippen LogP contribution in [0, 0.1) is 0 Å². The molecular formula is C10H20BrNO2S. The molecule has 0 bridgehead atoms. The third kappa shape index (κ3) is 4.83. The Hall–Kier alpha value is 0.390. The van der Waals surface area contributed by atoms with E-state index in [1.54, 1.807) is 0 Å². The lowest BCUT2D eigenvalue weighted by Gasteiger charge is -2.21. The Morgan fingerprint density at radius 1 is 1.27 bits per heavy atom. The van der Waals surface area contributed by atoms with Crippen LogP contribution >= 0.6 is 15.9 Å². The van der Waals surface area contributed by atoms with E-state index in [4.69, 9.17) is 0 Å². The molecule has 1 rings (SSSR count). The summed E-state index contributed by atoms with van der Waals surface area (Å²) in [5.74, 6) is 0.239. The van der Waals surface area contributed by atoms with E-state index in [0.717, 1.165) is 19.3 Å². The zero-order valence-corrected chi connectivity index (χ0v) is 11.6. The maximum Gasteiger partial charge on any atom is 0.211 e. The van der Waals surface area contributed by atoms with Crippen molar-refractivity contribution in [2.45, 2.75) is 56.3 Å². The molecule has 0 heterocycles. The fraction of sp³-hybridized carbons (Fsp3) is 1.00. The van der Waals surface area contributed by atoms with E-state index in [2.05, 4.69) is 20.7 Å². The highest BCUT2D eigenvalue weighted by Gasteiger charge is 2.25. The maximum absolute atomic E-state index is 11.6. The molecule has 0 radical (unpaired) electrons. The van der Waals surface area contributed by atoms with Gasteiger partial charge >= 0.3 is 0 Å². The van der Waals surface area contributed by atoms with Crippen LogP contribution in [0.2, 0.25) is 0 Å². The molecule has 0 spiro atoms. The van der Waals surface area contributed by atoms with Crippen LogP contribution in [0.1, 0.15) is 45.4 Å². The predicted octanol–water partition coefficient (Wildman–Crippen LogP) is 2.41. The molecule has 2 unspecified atom stereocenters. The average molecular weight is 298 g/mol. The Labute approximate surface area is 101 Å². The molecule has 1 fully saturated rings. The Morgan fingerprint density at radius 3 is 2.60 bits per heavy atom. The van der Waals surface area contributed by atoms with E-state index in [-0.39, 0.29) is 11.8 Å². The Kier molecular flexibility index (Phi) is 5.57. The van der Waals surface area contributed by atoms with Gasteiger partial charge < -0.3 is 0 Å². The van der Waals surface area contributed by atoms with Gasteiger partial charge in [-0.3, -0.25) is 0 Å². The normalized spacial score (nSPS) is 28.7. The second kappa shape index (κ2) is 6.21. The fourth-order valence-corrected chi connectivity index (χ4v) is 4.25. The highest BCUT2D eigenvalue weighted by Crippen LogP contribution is 2.24. The van der Waals surface area contributed by atoms with Gasteiger partial charge in [-0.25, -0.2) is 13.1 Å². The van der Waals surface area contributed by atoms with E-state index in [0.29, 0.717) is 11.2 Å². The molecule has 0 aromatic rings. The van der Waals surface area contributed by atoms with Crippen LogP contribution in [-0.2, 0) is 10.0 Å². The van der Waals surface area contributed by atoms with Crippen molar-refractivity contribution in [3.63, 3.8) is 0 Å². The van der Waals surface area contributed by atoms with E-state index >= 15 is 0 Å². The first-order valence-corrected chi connectivity index (χ1v) is 8.26. The highest BCUT2D eigenvalue weighted by atomic mass is 79.9. The first kappa shape index (κ1) is 13.5. The number of sulfonamides is 1. The summed E-state index contributed by atoms with van der Waals surface area (Å²) in [7, 11) is -3.06. The van der Waals surface area contributed by atoms with Gasteiger partial charge in [-0.1, -0.05) is 42.1 Å². The standard InChI is InChI=1S/C10H20BrNO2S/c1-2-8-15(13,14)12-10-7-5-3-4-6-9(10)11/h9-10,12H,2-8H2,1H3. The zero-order valence-electron chi connectivity index (χ0n) is 9.21. The summed E-state index contributed by atoms with van der Waals surface area (Å²) >= 11 is 3.58. The topological polar surface area (TPSA) is 46.2 Å². The van der Waals surface area contributed by atoms with Gasteiger partial charge in [0.25, 0.3) is 0 Å². The molecule has 0 saturated heterocycles. The fourth-order valence-electron chi connectivity index (χ4n) is 1.95. The number of hydrogen-bond donors (Lipinski definition) is 1. The van der Waals surface area contributed by atoms with E-state index < -0.39 is 10.0 Å². The van der Waals surface area contributed by atoms with Gasteiger partial charge in [0, 0.05) is 10.9 Å². The summed E-state index contributed by atoms with van der Waals surface area (Å²) < 4.78 is 26.1. The SMILES string of the molecule is CCCS(=O)(=O)NC1CCCCCC1Br. The molecule has 1 aliphatic carbocycles. The molecule has 2 atom stereocenters. The largest absolute Gasteiger partial charge is 0.212 e. The number of rotatable bonds is 4. The van der Waals surface area contributed by atoms with E-state index in [1.807, 2.05) is 6.92 Å². The average Bonchev–Trinajstić information content (AvgIpc) is 2.31. The van der Waals surface area contributed by atoms with Crippen molar-refractivity contribution in [2.75, 3.05) is 5.75 Å². The summed E-state index contributed by atoms with van der Waals surface area (Å²) in [4.78, 5) is 0.298. The summed E-state index contributed by atoms with van der Waals surface area (Å²) in [5, 5.41) is 0. The monoisotopic (exact) mass is 297 g/mol. The summed E-state index contributed by atoms with van der Waals surface area (Å²) in [6.45, 7) is 1.89. The molecule has 3 nitrogen and oxygen atoms in total. The van der Waals surface area contributed by atoms with Crippen molar-refractivity contribution >= 4 is 26.0 Å². The Bertz CT molecular complexity index is 279. The molecule has 0 amide bonds. The maximum atomic E-state index is 11.6. The van der Waals surface area contributed by atoms with Crippen molar-refractivity contribution in [3.8, 4) is 0 Å². The number of nitrogens with one attached hydrogen (secondary N) is 1. The van der Waals surface area contributed by atoms with Crippen LogP contribution in [-0.4, -0.2) is 25.0 Å². The van der Waals surface area contributed by atoms with Gasteiger partial charge in [0.05, 0.1) is 5.75 Å². The van der Waals surface area contributed by atoms with Gasteiger partial charge in [-0.15, -0.1) is 0 Å². The first-order chi connectivity index (χ1) is 7.05. The molecule has 1 saturated carbocycles. The van der Waals surface area contributed by atoms with Gasteiger partial charge in [0.15, 0.2) is 0 Å². The summed E-state index contributed by atoms with van der Waals surface area (Å²) in [6, 6.07) is 0.0871. The molecular weight excluding hydrogens is 278 g/mol. The smallest absolute Gasteiger partial charge is 0.211 e. The van der Waals surface area contributed by atoms with E-state index in [9.17, 15) is 8.42 Å². The van der Waals surface area contributed by atoms with Gasteiger partial charge in [-0.2, -0.15) is 0 Å². The molecule has 5 heteroatoms. The lowest BCUT2D eigenvalue weighted by molar-refractivity contribution is 0.520. The second-order valence-electron chi connectivity index (χ2n) is 4.20. The molecule has 0 aromatic carbocycles. The number of halogens is 1. The minimum Gasteiger partial charge on any atom is -0.212 e. The van der Waals surface area contributed by atoms with Crippen molar-refractivity contribution in [1.29, 1.82) is 0 Å². The lowest BCUT2D eigenvalue weighted by Crippen LogP contribution is -2.41. The predicted molar refractivity (Wildman–Crippen MR) is 66.8 cm³/mol. The second-order valence-corrected chi connectivity index (χ2v) is 7.25.